The maximum Gasteiger partial charge on any atom is 0.225 e. The molecule has 1 amide bonds. The zero-order chi connectivity index (χ0) is 14.4. The quantitative estimate of drug-likeness (QED) is 0.847. The predicted octanol–water partition coefficient (Wildman–Crippen LogP) is 2.15. The van der Waals surface area contributed by atoms with Gasteiger partial charge in [0.2, 0.25) is 5.91 Å². The summed E-state index contributed by atoms with van der Waals surface area (Å²) in [6.07, 6.45) is 2.06. The first-order valence-corrected chi connectivity index (χ1v) is 7.23. The summed E-state index contributed by atoms with van der Waals surface area (Å²) in [5.74, 6) is 6.16. The van der Waals surface area contributed by atoms with Gasteiger partial charge in [-0.1, -0.05) is 29.5 Å². The molecule has 0 spiro atoms. The Hall–Kier alpha value is -1.50. The fourth-order valence-electron chi connectivity index (χ4n) is 2.37. The van der Waals surface area contributed by atoms with Gasteiger partial charge >= 0.3 is 0 Å². The third kappa shape index (κ3) is 4.56. The smallest absolute Gasteiger partial charge is 0.225 e. The van der Waals surface area contributed by atoms with Crippen molar-refractivity contribution in [2.45, 2.75) is 12.8 Å². The van der Waals surface area contributed by atoms with Gasteiger partial charge in [-0.15, -0.1) is 0 Å². The van der Waals surface area contributed by atoms with Crippen LogP contribution >= 0.6 is 11.6 Å². The van der Waals surface area contributed by atoms with Crippen LogP contribution in [-0.4, -0.2) is 37.5 Å². The molecule has 1 aromatic carbocycles. The number of piperidine rings is 1. The second kappa shape index (κ2) is 7.33. The summed E-state index contributed by atoms with van der Waals surface area (Å²) in [5.41, 5.74) is 0.865. The lowest BCUT2D eigenvalue weighted by Crippen LogP contribution is -2.41. The molecular formula is C16H19ClN2O. The fourth-order valence-corrected chi connectivity index (χ4v) is 2.56. The maximum atomic E-state index is 12.0. The molecule has 0 bridgehead atoms. The van der Waals surface area contributed by atoms with Crippen LogP contribution in [0.5, 0.6) is 0 Å². The molecule has 0 radical (unpaired) electrons. The molecule has 1 saturated heterocycles. The average Bonchev–Trinajstić information content (AvgIpc) is 2.43. The minimum Gasteiger partial charge on any atom is -0.345 e. The number of hydrogen-bond acceptors (Lipinski definition) is 2. The number of rotatable bonds is 2. The zero-order valence-corrected chi connectivity index (χ0v) is 12.4. The third-order valence-electron chi connectivity index (χ3n) is 3.40. The van der Waals surface area contributed by atoms with Gasteiger partial charge in [-0.3, -0.25) is 4.79 Å². The van der Waals surface area contributed by atoms with Crippen LogP contribution in [0.4, 0.5) is 0 Å². The van der Waals surface area contributed by atoms with Crippen LogP contribution in [0.25, 0.3) is 0 Å². The standard InChI is InChI=1S/C16H19ClN2O/c1-19-10-4-7-14(12-19)16(20)18-9-3-6-13-5-2-8-15(17)11-13/h2,5,8,11,14H,4,7,9-10,12H2,1H3,(H,18,20). The van der Waals surface area contributed by atoms with Crippen molar-refractivity contribution < 1.29 is 4.79 Å². The Bertz CT molecular complexity index is 533. The minimum absolute atomic E-state index is 0.0988. The lowest BCUT2D eigenvalue weighted by atomic mass is 9.98. The van der Waals surface area contributed by atoms with E-state index in [9.17, 15) is 4.79 Å². The predicted molar refractivity (Wildman–Crippen MR) is 81.6 cm³/mol. The van der Waals surface area contributed by atoms with Gasteiger partial charge in [0.1, 0.15) is 0 Å². The van der Waals surface area contributed by atoms with Crippen molar-refractivity contribution in [3.8, 4) is 11.8 Å². The number of nitrogens with one attached hydrogen (secondary N) is 1. The molecule has 106 valence electrons. The summed E-state index contributed by atoms with van der Waals surface area (Å²) < 4.78 is 0. The number of nitrogens with zero attached hydrogens (tertiary/aromatic N) is 1. The Morgan fingerprint density at radius 2 is 2.40 bits per heavy atom. The Morgan fingerprint density at radius 3 is 3.15 bits per heavy atom. The van der Waals surface area contributed by atoms with Crippen LogP contribution in [0.15, 0.2) is 24.3 Å². The maximum absolute atomic E-state index is 12.0. The number of carbonyl (C=O) groups is 1. The van der Waals surface area contributed by atoms with Crippen LogP contribution in [0, 0.1) is 17.8 Å². The van der Waals surface area contributed by atoms with Gasteiger partial charge in [-0.05, 0) is 44.6 Å². The molecule has 0 aliphatic carbocycles. The highest BCUT2D eigenvalue weighted by Gasteiger charge is 2.23. The molecule has 1 aliphatic rings. The highest BCUT2D eigenvalue weighted by molar-refractivity contribution is 6.30. The Morgan fingerprint density at radius 1 is 1.55 bits per heavy atom. The molecule has 1 heterocycles. The number of likely N-dealkylation sites (tertiary alicyclic amines) is 1. The second-order valence-corrected chi connectivity index (χ2v) is 5.57. The van der Waals surface area contributed by atoms with E-state index in [0.717, 1.165) is 31.5 Å². The molecule has 4 heteroatoms. The van der Waals surface area contributed by atoms with Gasteiger partial charge in [-0.2, -0.15) is 0 Å². The lowest BCUT2D eigenvalue weighted by molar-refractivity contribution is -0.126. The first-order chi connectivity index (χ1) is 9.65. The van der Waals surface area contributed by atoms with E-state index in [1.165, 1.54) is 0 Å². The summed E-state index contributed by atoms with van der Waals surface area (Å²) >= 11 is 5.88. The highest BCUT2D eigenvalue weighted by atomic mass is 35.5. The van der Waals surface area contributed by atoms with Crippen LogP contribution in [0.3, 0.4) is 0 Å². The molecule has 1 atom stereocenters. The van der Waals surface area contributed by atoms with Crippen molar-refractivity contribution in [2.24, 2.45) is 5.92 Å². The fraction of sp³-hybridized carbons (Fsp3) is 0.438. The average molecular weight is 291 g/mol. The van der Waals surface area contributed by atoms with Gasteiger partial charge in [0, 0.05) is 17.1 Å². The van der Waals surface area contributed by atoms with Gasteiger partial charge in [0.05, 0.1) is 12.5 Å². The largest absolute Gasteiger partial charge is 0.345 e. The molecule has 1 N–H and O–H groups in total. The summed E-state index contributed by atoms with van der Waals surface area (Å²) in [7, 11) is 2.05. The summed E-state index contributed by atoms with van der Waals surface area (Å²) in [6.45, 7) is 2.30. The number of hydrogen-bond donors (Lipinski definition) is 1. The van der Waals surface area contributed by atoms with Crippen molar-refractivity contribution in [1.29, 1.82) is 0 Å². The number of amides is 1. The Labute approximate surface area is 125 Å². The van der Waals surface area contributed by atoms with Gasteiger partial charge < -0.3 is 10.2 Å². The molecule has 20 heavy (non-hydrogen) atoms. The number of halogens is 1. The van der Waals surface area contributed by atoms with E-state index in [1.54, 1.807) is 0 Å². The second-order valence-electron chi connectivity index (χ2n) is 5.13. The SMILES string of the molecule is CN1CCCC(C(=O)NCC#Cc2cccc(Cl)c2)C1. The molecule has 1 aliphatic heterocycles. The molecule has 1 aromatic rings. The van der Waals surface area contributed by atoms with E-state index in [4.69, 9.17) is 11.6 Å². The lowest BCUT2D eigenvalue weighted by Gasteiger charge is -2.28. The summed E-state index contributed by atoms with van der Waals surface area (Å²) in [4.78, 5) is 14.2. The Balaban J connectivity index is 1.80. The molecule has 0 saturated carbocycles. The highest BCUT2D eigenvalue weighted by Crippen LogP contribution is 2.14. The van der Waals surface area contributed by atoms with Crippen LogP contribution in [-0.2, 0) is 4.79 Å². The number of carbonyl (C=O) groups excluding carboxylic acids is 1. The van der Waals surface area contributed by atoms with E-state index >= 15 is 0 Å². The molecule has 3 nitrogen and oxygen atoms in total. The van der Waals surface area contributed by atoms with Crippen LogP contribution < -0.4 is 5.32 Å². The number of benzene rings is 1. The first kappa shape index (κ1) is 14.9. The van der Waals surface area contributed by atoms with Gasteiger partial charge in [0.15, 0.2) is 0 Å². The van der Waals surface area contributed by atoms with E-state index in [-0.39, 0.29) is 11.8 Å². The third-order valence-corrected chi connectivity index (χ3v) is 3.64. The molecule has 0 aromatic heterocycles. The molecule has 1 fully saturated rings. The van der Waals surface area contributed by atoms with E-state index < -0.39 is 0 Å². The summed E-state index contributed by atoms with van der Waals surface area (Å²) in [6, 6.07) is 7.39. The van der Waals surface area contributed by atoms with Crippen molar-refractivity contribution in [2.75, 3.05) is 26.7 Å². The van der Waals surface area contributed by atoms with Crippen LogP contribution in [0.1, 0.15) is 18.4 Å². The van der Waals surface area contributed by atoms with Crippen molar-refractivity contribution in [3.05, 3.63) is 34.9 Å². The zero-order valence-electron chi connectivity index (χ0n) is 11.7. The van der Waals surface area contributed by atoms with Crippen LogP contribution in [0.2, 0.25) is 5.02 Å². The monoisotopic (exact) mass is 290 g/mol. The summed E-state index contributed by atoms with van der Waals surface area (Å²) in [5, 5.41) is 3.56. The van der Waals surface area contributed by atoms with Crippen molar-refractivity contribution >= 4 is 17.5 Å². The topological polar surface area (TPSA) is 32.3 Å². The van der Waals surface area contributed by atoms with Gasteiger partial charge in [-0.25, -0.2) is 0 Å². The molecular weight excluding hydrogens is 272 g/mol. The van der Waals surface area contributed by atoms with E-state index in [1.807, 2.05) is 24.3 Å². The van der Waals surface area contributed by atoms with E-state index in [0.29, 0.717) is 11.6 Å². The molecule has 2 rings (SSSR count). The van der Waals surface area contributed by atoms with Crippen molar-refractivity contribution in [1.82, 2.24) is 10.2 Å². The van der Waals surface area contributed by atoms with Gasteiger partial charge in [0.25, 0.3) is 0 Å². The normalized spacial score (nSPS) is 19.0. The van der Waals surface area contributed by atoms with Crippen molar-refractivity contribution in [3.63, 3.8) is 0 Å². The molecule has 1 unspecified atom stereocenters. The minimum atomic E-state index is 0.0988. The first-order valence-electron chi connectivity index (χ1n) is 6.86. The van der Waals surface area contributed by atoms with E-state index in [2.05, 4.69) is 29.1 Å². The Kier molecular flexibility index (Phi) is 5.46.